The molecule has 0 amide bonds. The van der Waals surface area contributed by atoms with Gasteiger partial charge in [0.1, 0.15) is 23.8 Å². The highest BCUT2D eigenvalue weighted by Crippen LogP contribution is 2.20. The van der Waals surface area contributed by atoms with Gasteiger partial charge in [-0.1, -0.05) is 46.3 Å². The van der Waals surface area contributed by atoms with Gasteiger partial charge < -0.3 is 4.74 Å². The Balaban J connectivity index is 2.13. The summed E-state index contributed by atoms with van der Waals surface area (Å²) >= 11 is 2.94. The van der Waals surface area contributed by atoms with E-state index in [4.69, 9.17) is 4.74 Å². The lowest BCUT2D eigenvalue weighted by atomic mass is 10.2. The first kappa shape index (κ1) is 13.7. The zero-order valence-electron chi connectivity index (χ0n) is 9.70. The molecule has 0 aliphatic rings. The number of carbonyl (C=O) groups excluding carboxylic acids is 1. The Bertz CT molecular complexity index is 577. The molecule has 2 rings (SSSR count). The molecule has 0 fully saturated rings. The van der Waals surface area contributed by atoms with Crippen LogP contribution in [0.3, 0.4) is 0 Å². The summed E-state index contributed by atoms with van der Waals surface area (Å²) in [7, 11) is 0. The fourth-order valence-electron chi connectivity index (χ4n) is 1.53. The molecule has 0 bridgehead atoms. The predicted octanol–water partition coefficient (Wildman–Crippen LogP) is 4.08. The third-order valence-electron chi connectivity index (χ3n) is 2.42. The third-order valence-corrected chi connectivity index (χ3v) is 2.88. The molecule has 19 heavy (non-hydrogen) atoms. The van der Waals surface area contributed by atoms with Crippen molar-refractivity contribution in [3.63, 3.8) is 0 Å². The normalized spacial score (nSPS) is 10.3. The van der Waals surface area contributed by atoms with Crippen LogP contribution in [0.5, 0.6) is 0 Å². The Morgan fingerprint density at radius 2 is 1.68 bits per heavy atom. The van der Waals surface area contributed by atoms with E-state index in [0.717, 1.165) is 17.7 Å². The first-order valence-corrected chi connectivity index (χ1v) is 6.23. The van der Waals surface area contributed by atoms with Crippen molar-refractivity contribution in [3.05, 3.63) is 69.7 Å². The predicted molar refractivity (Wildman–Crippen MR) is 69.6 cm³/mol. The van der Waals surface area contributed by atoms with Crippen LogP contribution in [-0.2, 0) is 11.3 Å². The first-order chi connectivity index (χ1) is 9.08. The van der Waals surface area contributed by atoms with Crippen molar-refractivity contribution in [1.82, 2.24) is 0 Å². The molecule has 98 valence electrons. The molecular weight excluding hydrogens is 318 g/mol. The van der Waals surface area contributed by atoms with Crippen molar-refractivity contribution in [2.24, 2.45) is 0 Å². The van der Waals surface area contributed by atoms with Crippen molar-refractivity contribution in [3.8, 4) is 0 Å². The van der Waals surface area contributed by atoms with Crippen LogP contribution in [0.1, 0.15) is 15.9 Å². The van der Waals surface area contributed by atoms with Crippen LogP contribution in [0.15, 0.2) is 46.9 Å². The molecule has 2 aromatic rings. The quantitative estimate of drug-likeness (QED) is 0.794. The van der Waals surface area contributed by atoms with E-state index in [9.17, 15) is 13.6 Å². The maximum Gasteiger partial charge on any atom is 0.344 e. The van der Waals surface area contributed by atoms with Gasteiger partial charge in [0.15, 0.2) is 0 Å². The number of esters is 1. The lowest BCUT2D eigenvalue weighted by Crippen LogP contribution is -2.10. The van der Waals surface area contributed by atoms with E-state index in [1.807, 2.05) is 6.07 Å². The van der Waals surface area contributed by atoms with Gasteiger partial charge in [-0.15, -0.1) is 0 Å². The van der Waals surface area contributed by atoms with E-state index in [-0.39, 0.29) is 11.1 Å². The highest BCUT2D eigenvalue weighted by molar-refractivity contribution is 9.10. The summed E-state index contributed by atoms with van der Waals surface area (Å²) in [4.78, 5) is 11.7. The summed E-state index contributed by atoms with van der Waals surface area (Å²) in [5.41, 5.74) is 0.0629. The molecular formula is C14H9BrF2O2. The number of ether oxygens (including phenoxy) is 1. The summed E-state index contributed by atoms with van der Waals surface area (Å²) < 4.78 is 32.1. The molecule has 5 heteroatoms. The van der Waals surface area contributed by atoms with Crippen molar-refractivity contribution >= 4 is 21.9 Å². The average molecular weight is 327 g/mol. The number of halogens is 3. The highest BCUT2D eigenvalue weighted by atomic mass is 79.9. The summed E-state index contributed by atoms with van der Waals surface area (Å²) in [6.07, 6.45) is 0. The van der Waals surface area contributed by atoms with Gasteiger partial charge in [0.2, 0.25) is 0 Å². The van der Waals surface area contributed by atoms with Crippen LogP contribution >= 0.6 is 15.9 Å². The van der Waals surface area contributed by atoms with Crippen LogP contribution in [0.4, 0.5) is 8.78 Å². The van der Waals surface area contributed by atoms with Gasteiger partial charge in [0.05, 0.1) is 0 Å². The van der Waals surface area contributed by atoms with Gasteiger partial charge in [-0.2, -0.15) is 0 Å². The lowest BCUT2D eigenvalue weighted by molar-refractivity contribution is 0.0461. The smallest absolute Gasteiger partial charge is 0.344 e. The standard InChI is InChI=1S/C14H9BrF2O2/c15-10-6-11(16)13(12(17)7-10)14(18)19-8-9-4-2-1-3-5-9/h1-7H,8H2. The van der Waals surface area contributed by atoms with Crippen molar-refractivity contribution < 1.29 is 18.3 Å². The van der Waals surface area contributed by atoms with Crippen LogP contribution in [0.2, 0.25) is 0 Å². The lowest BCUT2D eigenvalue weighted by Gasteiger charge is -2.07. The summed E-state index contributed by atoms with van der Waals surface area (Å²) in [5, 5.41) is 0. The maximum absolute atomic E-state index is 13.5. The summed E-state index contributed by atoms with van der Waals surface area (Å²) in [6, 6.07) is 10.9. The van der Waals surface area contributed by atoms with Gasteiger partial charge in [-0.3, -0.25) is 0 Å². The second kappa shape index (κ2) is 5.93. The highest BCUT2D eigenvalue weighted by Gasteiger charge is 2.19. The van der Waals surface area contributed by atoms with Gasteiger partial charge >= 0.3 is 5.97 Å². The van der Waals surface area contributed by atoms with Gasteiger partial charge in [-0.25, -0.2) is 13.6 Å². The fourth-order valence-corrected chi connectivity index (χ4v) is 1.93. The molecule has 2 nitrogen and oxygen atoms in total. The van der Waals surface area contributed by atoms with E-state index in [1.165, 1.54) is 0 Å². The summed E-state index contributed by atoms with van der Waals surface area (Å²) in [5.74, 6) is -2.93. The van der Waals surface area contributed by atoms with E-state index in [1.54, 1.807) is 24.3 Å². The zero-order valence-corrected chi connectivity index (χ0v) is 11.3. The van der Waals surface area contributed by atoms with Gasteiger partial charge in [0, 0.05) is 4.47 Å². The minimum atomic E-state index is -1.02. The minimum absolute atomic E-state index is 0.0331. The van der Waals surface area contributed by atoms with Crippen LogP contribution in [0.25, 0.3) is 0 Å². The summed E-state index contributed by atoms with van der Waals surface area (Å²) in [6.45, 7) is -0.0331. The molecule has 0 atom stereocenters. The minimum Gasteiger partial charge on any atom is -0.457 e. The molecule has 0 spiro atoms. The molecule has 0 unspecified atom stereocenters. The molecule has 0 aliphatic carbocycles. The van der Waals surface area contributed by atoms with Crippen LogP contribution < -0.4 is 0 Å². The molecule has 0 heterocycles. The monoisotopic (exact) mass is 326 g/mol. The second-order valence-corrected chi connectivity index (χ2v) is 4.72. The van der Waals surface area contributed by atoms with E-state index in [0.29, 0.717) is 0 Å². The Morgan fingerprint density at radius 3 is 2.26 bits per heavy atom. The van der Waals surface area contributed by atoms with E-state index in [2.05, 4.69) is 15.9 Å². The van der Waals surface area contributed by atoms with E-state index >= 15 is 0 Å². The van der Waals surface area contributed by atoms with Crippen molar-refractivity contribution in [2.75, 3.05) is 0 Å². The largest absolute Gasteiger partial charge is 0.457 e. The van der Waals surface area contributed by atoms with Crippen molar-refractivity contribution in [2.45, 2.75) is 6.61 Å². The zero-order chi connectivity index (χ0) is 13.8. The molecule has 2 aromatic carbocycles. The Kier molecular flexibility index (Phi) is 4.27. The Morgan fingerprint density at radius 1 is 1.11 bits per heavy atom. The van der Waals surface area contributed by atoms with Gasteiger partial charge in [-0.05, 0) is 17.7 Å². The number of benzene rings is 2. The van der Waals surface area contributed by atoms with Gasteiger partial charge in [0.25, 0.3) is 0 Å². The number of rotatable bonds is 3. The number of hydrogen-bond donors (Lipinski definition) is 0. The molecule has 0 saturated heterocycles. The second-order valence-electron chi connectivity index (χ2n) is 3.81. The molecule has 0 aliphatic heterocycles. The topological polar surface area (TPSA) is 26.3 Å². The Hall–Kier alpha value is -1.75. The first-order valence-electron chi connectivity index (χ1n) is 5.43. The van der Waals surface area contributed by atoms with Crippen LogP contribution in [0, 0.1) is 11.6 Å². The average Bonchev–Trinajstić information content (AvgIpc) is 2.36. The fraction of sp³-hybridized carbons (Fsp3) is 0.0714. The Labute approximate surface area is 117 Å². The SMILES string of the molecule is O=C(OCc1ccccc1)c1c(F)cc(Br)cc1F. The van der Waals surface area contributed by atoms with Crippen molar-refractivity contribution in [1.29, 1.82) is 0 Å². The molecule has 0 radical (unpaired) electrons. The maximum atomic E-state index is 13.5. The molecule has 0 N–H and O–H groups in total. The molecule has 0 saturated carbocycles. The molecule has 0 aromatic heterocycles. The number of hydrogen-bond acceptors (Lipinski definition) is 2. The number of carbonyl (C=O) groups is 1. The third kappa shape index (κ3) is 3.38. The van der Waals surface area contributed by atoms with Crippen LogP contribution in [-0.4, -0.2) is 5.97 Å². The van der Waals surface area contributed by atoms with E-state index < -0.39 is 23.2 Å².